The lowest BCUT2D eigenvalue weighted by molar-refractivity contribution is -0.118. The van der Waals surface area contributed by atoms with E-state index < -0.39 is 5.82 Å². The molecule has 0 atom stereocenters. The van der Waals surface area contributed by atoms with Crippen LogP contribution in [0.25, 0.3) is 11.3 Å². The van der Waals surface area contributed by atoms with E-state index in [1.807, 2.05) is 9.80 Å². The molecule has 3 aromatic rings. The highest BCUT2D eigenvalue weighted by molar-refractivity contribution is 5.91. The van der Waals surface area contributed by atoms with Crippen LogP contribution in [0.2, 0.25) is 0 Å². The maximum absolute atomic E-state index is 14.8. The van der Waals surface area contributed by atoms with Gasteiger partial charge in [-0.05, 0) is 18.6 Å². The molecule has 5 heterocycles. The van der Waals surface area contributed by atoms with Gasteiger partial charge in [0.05, 0.1) is 38.1 Å². The molecule has 2 fully saturated rings. The highest BCUT2D eigenvalue weighted by atomic mass is 19.1. The molecule has 2 aliphatic rings. The summed E-state index contributed by atoms with van der Waals surface area (Å²) in [4.78, 5) is 33.5. The van der Waals surface area contributed by atoms with Gasteiger partial charge in [-0.1, -0.05) is 0 Å². The van der Waals surface area contributed by atoms with Gasteiger partial charge in [-0.25, -0.2) is 24.3 Å². The third-order valence-corrected chi connectivity index (χ3v) is 6.28. The molecule has 0 spiro atoms. The van der Waals surface area contributed by atoms with Crippen LogP contribution in [-0.2, 0) is 14.3 Å². The molecule has 0 aromatic carbocycles. The number of ether oxygens (including phenoxy) is 2. The quantitative estimate of drug-likeness (QED) is 0.462. The van der Waals surface area contributed by atoms with E-state index in [2.05, 4.69) is 36.6 Å². The number of pyridine rings is 2. The number of halogens is 1. The summed E-state index contributed by atoms with van der Waals surface area (Å²) < 4.78 is 25.6. The smallest absolute Gasteiger partial charge is 0.239 e. The van der Waals surface area contributed by atoms with Gasteiger partial charge in [0.25, 0.3) is 0 Å². The second-order valence-electron chi connectivity index (χ2n) is 9.04. The van der Waals surface area contributed by atoms with Crippen molar-refractivity contribution in [2.45, 2.75) is 6.42 Å². The zero-order valence-electron chi connectivity index (χ0n) is 21.3. The zero-order valence-corrected chi connectivity index (χ0v) is 21.3. The minimum absolute atomic E-state index is 0.00958. The van der Waals surface area contributed by atoms with Gasteiger partial charge in [-0.2, -0.15) is 5.26 Å². The van der Waals surface area contributed by atoms with Gasteiger partial charge >= 0.3 is 0 Å². The van der Waals surface area contributed by atoms with Crippen LogP contribution in [0.15, 0.2) is 36.8 Å². The van der Waals surface area contributed by atoms with Crippen LogP contribution in [-0.4, -0.2) is 89.9 Å². The van der Waals surface area contributed by atoms with E-state index in [4.69, 9.17) is 9.47 Å². The van der Waals surface area contributed by atoms with E-state index >= 15 is 0 Å². The number of nitrogens with one attached hydrogen (secondary N) is 2. The number of morpholine rings is 1. The number of hydrogen-bond acceptors (Lipinski definition) is 11. The molecule has 39 heavy (non-hydrogen) atoms. The summed E-state index contributed by atoms with van der Waals surface area (Å²) >= 11 is 0. The molecule has 202 valence electrons. The molecule has 0 bridgehead atoms. The van der Waals surface area contributed by atoms with E-state index in [0.717, 1.165) is 19.2 Å². The standard InChI is InChI=1S/C26H28FN9O3/c27-21-16-31-26(32-20-2-3-29-22(13-20)33-23(37)17-35-5-9-39-10-6-35)34-24(21)19-12-18(14-28)25(30-15-19)36-4-1-8-38-11-7-36/h2-3,12-13,15-16H,1,4-11,17H2,(H2,29,31,32,33,34,37). The maximum atomic E-state index is 14.8. The van der Waals surface area contributed by atoms with Crippen LogP contribution in [0.4, 0.5) is 27.7 Å². The largest absolute Gasteiger partial charge is 0.380 e. The lowest BCUT2D eigenvalue weighted by atomic mass is 10.1. The van der Waals surface area contributed by atoms with E-state index in [0.29, 0.717) is 74.5 Å². The number of hydrogen-bond donors (Lipinski definition) is 2. The number of nitriles is 1. The number of anilines is 4. The van der Waals surface area contributed by atoms with Gasteiger partial charge in [0.2, 0.25) is 11.9 Å². The molecule has 3 aromatic heterocycles. The van der Waals surface area contributed by atoms with Crippen LogP contribution < -0.4 is 15.5 Å². The second-order valence-corrected chi connectivity index (χ2v) is 9.04. The van der Waals surface area contributed by atoms with E-state index in [1.54, 1.807) is 18.2 Å². The zero-order chi connectivity index (χ0) is 27.0. The topological polar surface area (TPSA) is 141 Å². The molecular weight excluding hydrogens is 505 g/mol. The average Bonchev–Trinajstić information content (AvgIpc) is 3.24. The van der Waals surface area contributed by atoms with Crippen LogP contribution in [0, 0.1) is 17.1 Å². The summed E-state index contributed by atoms with van der Waals surface area (Å²) in [5, 5.41) is 15.6. The summed E-state index contributed by atoms with van der Waals surface area (Å²) in [6.07, 6.45) is 4.93. The molecule has 13 heteroatoms. The summed E-state index contributed by atoms with van der Waals surface area (Å²) in [5.74, 6) is 0.208. The normalized spacial score (nSPS) is 16.3. The van der Waals surface area contributed by atoms with Crippen LogP contribution in [0.1, 0.15) is 12.0 Å². The minimum Gasteiger partial charge on any atom is -0.380 e. The van der Waals surface area contributed by atoms with Gasteiger partial charge in [0.15, 0.2) is 5.82 Å². The lowest BCUT2D eigenvalue weighted by Gasteiger charge is -2.25. The van der Waals surface area contributed by atoms with Gasteiger partial charge in [-0.15, -0.1) is 0 Å². The van der Waals surface area contributed by atoms with Crippen molar-refractivity contribution in [3.8, 4) is 17.3 Å². The van der Waals surface area contributed by atoms with E-state index in [-0.39, 0.29) is 24.1 Å². The molecule has 2 aliphatic heterocycles. The first-order valence-electron chi connectivity index (χ1n) is 12.7. The SMILES string of the molecule is N#Cc1cc(-c2nc(Nc3ccnc(NC(=O)CN4CCOCC4)c3)ncc2F)cnc1N1CCCOCC1. The Hall–Kier alpha value is -4.25. The van der Waals surface area contributed by atoms with E-state index in [1.165, 1.54) is 12.4 Å². The molecule has 0 aliphatic carbocycles. The summed E-state index contributed by atoms with van der Waals surface area (Å²) in [5.41, 5.74) is 1.25. The average molecular weight is 534 g/mol. The van der Waals surface area contributed by atoms with Gasteiger partial charge in [0, 0.05) is 62.5 Å². The second kappa shape index (κ2) is 12.5. The molecule has 12 nitrogen and oxygen atoms in total. The molecule has 2 saturated heterocycles. The van der Waals surface area contributed by atoms with E-state index in [9.17, 15) is 14.4 Å². The number of aromatic nitrogens is 4. The van der Waals surface area contributed by atoms with Crippen molar-refractivity contribution < 1.29 is 18.7 Å². The van der Waals surface area contributed by atoms with Crippen molar-refractivity contribution in [2.24, 2.45) is 0 Å². The predicted molar refractivity (Wildman–Crippen MR) is 141 cm³/mol. The minimum atomic E-state index is -0.645. The number of rotatable bonds is 7. The van der Waals surface area contributed by atoms with Gasteiger partial charge < -0.3 is 25.0 Å². The maximum Gasteiger partial charge on any atom is 0.239 e. The highest BCUT2D eigenvalue weighted by Crippen LogP contribution is 2.27. The summed E-state index contributed by atoms with van der Waals surface area (Å²) in [6.45, 7) is 5.43. The van der Waals surface area contributed by atoms with Crippen molar-refractivity contribution in [3.63, 3.8) is 0 Å². The van der Waals surface area contributed by atoms with Gasteiger partial charge in [0.1, 0.15) is 23.4 Å². The van der Waals surface area contributed by atoms with Crippen molar-refractivity contribution in [1.82, 2.24) is 24.8 Å². The van der Waals surface area contributed by atoms with Crippen molar-refractivity contribution >= 4 is 29.2 Å². The Labute approximate surface area is 224 Å². The van der Waals surface area contributed by atoms with Crippen LogP contribution in [0.5, 0.6) is 0 Å². The third-order valence-electron chi connectivity index (χ3n) is 6.28. The number of carbonyl (C=O) groups is 1. The molecule has 2 N–H and O–H groups in total. The summed E-state index contributed by atoms with van der Waals surface area (Å²) in [7, 11) is 0. The monoisotopic (exact) mass is 533 g/mol. The first kappa shape index (κ1) is 26.4. The Morgan fingerprint density at radius 1 is 1.05 bits per heavy atom. The first-order valence-corrected chi connectivity index (χ1v) is 12.7. The van der Waals surface area contributed by atoms with Crippen LogP contribution >= 0.6 is 0 Å². The molecule has 5 rings (SSSR count). The summed E-state index contributed by atoms with van der Waals surface area (Å²) in [6, 6.07) is 7.07. The van der Waals surface area contributed by atoms with Crippen molar-refractivity contribution in [3.05, 3.63) is 48.2 Å². The Kier molecular flexibility index (Phi) is 8.47. The Balaban J connectivity index is 1.30. The highest BCUT2D eigenvalue weighted by Gasteiger charge is 2.19. The predicted octanol–water partition coefficient (Wildman–Crippen LogP) is 2.19. The fraction of sp³-hybridized carbons (Fsp3) is 0.385. The molecule has 0 radical (unpaired) electrons. The third kappa shape index (κ3) is 6.80. The fourth-order valence-corrected chi connectivity index (χ4v) is 4.36. The van der Waals surface area contributed by atoms with Gasteiger partial charge in [-0.3, -0.25) is 9.69 Å². The first-order chi connectivity index (χ1) is 19.1. The molecule has 0 saturated carbocycles. The molecule has 0 unspecified atom stereocenters. The number of amides is 1. The molecular formula is C26H28FN9O3. The van der Waals surface area contributed by atoms with Crippen molar-refractivity contribution in [1.29, 1.82) is 5.26 Å². The Morgan fingerprint density at radius 3 is 2.72 bits per heavy atom. The molecule has 1 amide bonds. The van der Waals surface area contributed by atoms with Crippen molar-refractivity contribution in [2.75, 3.05) is 74.7 Å². The Morgan fingerprint density at radius 2 is 1.87 bits per heavy atom. The number of carbonyl (C=O) groups excluding carboxylic acids is 1. The fourth-order valence-electron chi connectivity index (χ4n) is 4.36. The number of nitrogens with zero attached hydrogens (tertiary/aromatic N) is 7. The van der Waals surface area contributed by atoms with Crippen LogP contribution in [0.3, 0.4) is 0 Å². The lowest BCUT2D eigenvalue weighted by Crippen LogP contribution is -2.41. The Bertz CT molecular complexity index is 1350.